The molecule has 0 saturated carbocycles. The van der Waals surface area contributed by atoms with Crippen molar-refractivity contribution in [3.8, 4) is 11.5 Å². The van der Waals surface area contributed by atoms with Crippen molar-refractivity contribution in [3.05, 3.63) is 91.0 Å². The normalized spacial score (nSPS) is 11.7. The molecule has 0 spiro atoms. The summed E-state index contributed by atoms with van der Waals surface area (Å²) < 4.78 is 41.0. The maximum Gasteiger partial charge on any atom is 0.210 e. The molecule has 0 aliphatic heterocycles. The van der Waals surface area contributed by atoms with E-state index in [9.17, 15) is 17.9 Å². The fourth-order valence-electron chi connectivity index (χ4n) is 18.7. The van der Waals surface area contributed by atoms with Crippen LogP contribution in [-0.2, 0) is 10.1 Å². The van der Waals surface area contributed by atoms with Crippen molar-refractivity contribution in [2.45, 2.75) is 635 Å². The van der Waals surface area contributed by atoms with E-state index in [0.29, 0.717) is 22.6 Å². The Bertz CT molecular complexity index is 2310. The molecule has 0 fully saturated rings. The maximum atomic E-state index is 11.5. The number of hydrogen-bond acceptors (Lipinski definition) is 6. The zero-order valence-corrected chi connectivity index (χ0v) is 87.2. The molecule has 3 aromatic carbocycles. The SMILES string of the molecule is CCCCCCCCCCCCCCCCC([NH3+])(CCCCCCCCCCCCCCCC)CCCCCCCCCCCCCCCC.CCCCCCCCCCCCCCCCC([NH3+])(CCCCCCCCCCCCCCCC)CCCCCCCCCCCCCCCC.O=S(=O)([O-])c1ccccc1.[O-]P(Oc1ccccc1)Oc1ccccc1. The lowest BCUT2D eigenvalue weighted by molar-refractivity contribution is -0.484. The van der Waals surface area contributed by atoms with Gasteiger partial charge in [0, 0.05) is 38.5 Å². The Morgan fingerprint density at radius 2 is 0.333 bits per heavy atom. The highest BCUT2D eigenvalue weighted by molar-refractivity contribution is 7.85. The molecule has 10 heteroatoms. The molecule has 0 amide bonds. The molecular weight excluding hydrogens is 1580 g/mol. The summed E-state index contributed by atoms with van der Waals surface area (Å²) in [6, 6.07) is 25.0. The molecule has 126 heavy (non-hydrogen) atoms. The molecule has 0 bridgehead atoms. The van der Waals surface area contributed by atoms with Gasteiger partial charge in [-0.25, -0.2) is 8.42 Å². The van der Waals surface area contributed by atoms with Crippen molar-refractivity contribution < 1.29 is 38.4 Å². The summed E-state index contributed by atoms with van der Waals surface area (Å²) in [5, 5.41) is 0. The summed E-state index contributed by atoms with van der Waals surface area (Å²) in [6.45, 7) is 13.9. The summed E-state index contributed by atoms with van der Waals surface area (Å²) in [6.07, 6.45) is 131. The Morgan fingerprint density at radius 1 is 0.214 bits per heavy atom. The third kappa shape index (κ3) is 93.3. The predicted molar refractivity (Wildman–Crippen MR) is 556 cm³/mol. The molecule has 0 unspecified atom stereocenters. The lowest BCUT2D eigenvalue weighted by Gasteiger charge is -2.26. The standard InChI is InChI=1S/2C49H101N.C12H10O3P.C6H6O3S/c2*1-4-7-10-13-16-19-22-25-28-31-34-37-40-43-46-49(50,47-44-41-38-35-32-29-26-23-20-17-14-11-8-5-2)48-45-42-39-36-33-30-27-24-21-18-15-12-9-6-3;13-16(14-11-7-3-1-4-8-11)15-12-9-5-2-6-10-12;7-10(8,9)6-4-2-1-3-5-6/h2*4-48,50H2,1-3H3;1-10H;1-5H,(H,7,8,9)/q;;-1;/p+1. The van der Waals surface area contributed by atoms with Crippen LogP contribution in [0.5, 0.6) is 11.5 Å². The maximum absolute atomic E-state index is 11.5. The van der Waals surface area contributed by atoms with Gasteiger partial charge in [0.15, 0.2) is 0 Å². The van der Waals surface area contributed by atoms with Gasteiger partial charge in [0.25, 0.3) is 0 Å². The summed E-state index contributed by atoms with van der Waals surface area (Å²) >= 11 is 0. The molecule has 0 heterocycles. The Labute approximate surface area is 789 Å². The minimum atomic E-state index is -4.25. The fourth-order valence-corrected chi connectivity index (χ4v) is 19.8. The summed E-state index contributed by atoms with van der Waals surface area (Å²) in [5.41, 5.74) is 10.7. The van der Waals surface area contributed by atoms with E-state index in [0.717, 1.165) is 0 Å². The first-order chi connectivity index (χ1) is 61.8. The predicted octanol–water partition coefficient (Wildman–Crippen LogP) is 38.5. The highest BCUT2D eigenvalue weighted by atomic mass is 32.2. The lowest BCUT2D eigenvalue weighted by Crippen LogP contribution is -2.72. The molecule has 740 valence electrons. The first-order valence-corrected chi connectivity index (χ1v) is 59.0. The van der Waals surface area contributed by atoms with Gasteiger partial charge in [-0.2, -0.15) is 0 Å². The molecule has 8 nitrogen and oxygen atoms in total. The third-order valence-corrected chi connectivity index (χ3v) is 28.8. The van der Waals surface area contributed by atoms with Gasteiger partial charge in [-0.3, -0.25) is 0 Å². The minimum Gasteiger partial charge on any atom is -0.765 e. The quantitative estimate of drug-likeness (QED) is 0.0326. The van der Waals surface area contributed by atoms with Crippen LogP contribution in [0.3, 0.4) is 0 Å². The van der Waals surface area contributed by atoms with Crippen LogP contribution in [0, 0.1) is 0 Å². The first kappa shape index (κ1) is 123. The molecular formula is C116H219N2O6PS. The van der Waals surface area contributed by atoms with Gasteiger partial charge in [0.2, 0.25) is 8.60 Å². The number of hydrogen-bond donors (Lipinski definition) is 2. The van der Waals surface area contributed by atoms with Crippen LogP contribution in [0.2, 0.25) is 0 Å². The van der Waals surface area contributed by atoms with Crippen molar-refractivity contribution in [3.63, 3.8) is 0 Å². The fraction of sp³-hybridized carbons (Fsp3) is 0.845. The van der Waals surface area contributed by atoms with E-state index < -0.39 is 18.7 Å². The van der Waals surface area contributed by atoms with Gasteiger partial charge in [0.05, 0.1) is 16.0 Å². The summed E-state index contributed by atoms with van der Waals surface area (Å²) in [7, 11) is -6.44. The average molecular weight is 1800 g/mol. The molecule has 0 aliphatic rings. The molecule has 0 aromatic heterocycles. The molecule has 0 atom stereocenters. The Balaban J connectivity index is 0.00000191. The zero-order chi connectivity index (χ0) is 91.5. The second-order valence-corrected chi connectivity index (χ2v) is 42.1. The Morgan fingerprint density at radius 3 is 0.452 bits per heavy atom. The van der Waals surface area contributed by atoms with Crippen LogP contribution in [0.4, 0.5) is 0 Å². The number of rotatable bonds is 95. The van der Waals surface area contributed by atoms with Gasteiger partial charge in [-0.15, -0.1) is 0 Å². The van der Waals surface area contributed by atoms with E-state index in [1.807, 2.05) is 12.1 Å². The van der Waals surface area contributed by atoms with Crippen LogP contribution >= 0.6 is 8.60 Å². The van der Waals surface area contributed by atoms with Crippen molar-refractivity contribution >= 4 is 18.7 Å². The summed E-state index contributed by atoms with van der Waals surface area (Å²) in [4.78, 5) is 11.3. The molecule has 3 rings (SSSR count). The highest BCUT2D eigenvalue weighted by Crippen LogP contribution is 2.34. The van der Waals surface area contributed by atoms with Crippen LogP contribution in [0.25, 0.3) is 0 Å². The Hall–Kier alpha value is -2.52. The van der Waals surface area contributed by atoms with Crippen molar-refractivity contribution in [2.24, 2.45) is 0 Å². The molecule has 0 saturated heterocycles. The first-order valence-electron chi connectivity index (χ1n) is 56.5. The minimum absolute atomic E-state index is 0.185. The topological polar surface area (TPSA) is 154 Å². The van der Waals surface area contributed by atoms with E-state index in [4.69, 9.17) is 20.5 Å². The van der Waals surface area contributed by atoms with E-state index in [1.54, 1.807) is 54.6 Å². The smallest absolute Gasteiger partial charge is 0.210 e. The van der Waals surface area contributed by atoms with Crippen LogP contribution < -0.4 is 25.4 Å². The number of para-hydroxylation sites is 2. The van der Waals surface area contributed by atoms with Crippen molar-refractivity contribution in [2.75, 3.05) is 0 Å². The second-order valence-electron chi connectivity index (χ2n) is 39.9. The van der Waals surface area contributed by atoms with Crippen molar-refractivity contribution in [1.82, 2.24) is 0 Å². The number of quaternary nitrogens is 2. The van der Waals surface area contributed by atoms with Crippen LogP contribution in [-0.4, -0.2) is 24.0 Å². The number of benzene rings is 3. The Kier molecular flexibility index (Phi) is 97.9. The molecule has 0 aliphatic carbocycles. The zero-order valence-electron chi connectivity index (χ0n) is 85.5. The van der Waals surface area contributed by atoms with E-state index in [1.165, 1.54) is 602 Å². The van der Waals surface area contributed by atoms with E-state index in [2.05, 4.69) is 41.5 Å². The van der Waals surface area contributed by atoms with Crippen LogP contribution in [0.1, 0.15) is 619 Å². The van der Waals surface area contributed by atoms with Gasteiger partial charge in [0.1, 0.15) is 21.6 Å². The van der Waals surface area contributed by atoms with Crippen LogP contribution in [0.15, 0.2) is 95.9 Å². The second kappa shape index (κ2) is 99.9. The summed E-state index contributed by atoms with van der Waals surface area (Å²) in [5.74, 6) is 1.05. The van der Waals surface area contributed by atoms with Gasteiger partial charge in [-0.05, 0) is 74.9 Å². The average Bonchev–Trinajstić information content (AvgIpc) is 0.872. The largest absolute Gasteiger partial charge is 0.765 e. The molecule has 3 aromatic rings. The lowest BCUT2D eigenvalue weighted by atomic mass is 9.82. The third-order valence-electron chi connectivity index (χ3n) is 27.2. The monoisotopic (exact) mass is 1800 g/mol. The van der Waals surface area contributed by atoms with Gasteiger partial charge >= 0.3 is 0 Å². The van der Waals surface area contributed by atoms with E-state index >= 15 is 0 Å². The highest BCUT2D eigenvalue weighted by Gasteiger charge is 2.29. The number of unbranched alkanes of at least 4 members (excludes halogenated alkanes) is 78. The van der Waals surface area contributed by atoms with E-state index in [-0.39, 0.29) is 4.90 Å². The van der Waals surface area contributed by atoms with Gasteiger partial charge in [-0.1, -0.05) is 597 Å². The molecule has 6 N–H and O–H groups in total. The van der Waals surface area contributed by atoms with Crippen molar-refractivity contribution in [1.29, 1.82) is 0 Å². The van der Waals surface area contributed by atoms with Gasteiger partial charge < -0.3 is 30.0 Å². The molecule has 0 radical (unpaired) electrons.